The molecule has 0 fully saturated rings. The Bertz CT molecular complexity index is 211. The maximum absolute atomic E-state index is 11.6. The largest absolute Gasteiger partial charge is 0.481 e. The van der Waals surface area contributed by atoms with Gasteiger partial charge < -0.3 is 15.3 Å². The first-order valence-electron chi connectivity index (χ1n) is 3.92. The topological polar surface area (TPSA) is 69.6 Å². The zero-order chi connectivity index (χ0) is 11.1. The first-order chi connectivity index (χ1) is 6.43. The van der Waals surface area contributed by atoms with Gasteiger partial charge in [-0.1, -0.05) is 0 Å². The number of halogens is 2. The van der Waals surface area contributed by atoms with Gasteiger partial charge in [-0.2, -0.15) is 0 Å². The van der Waals surface area contributed by atoms with Gasteiger partial charge in [-0.05, 0) is 0 Å². The summed E-state index contributed by atoms with van der Waals surface area (Å²) >= 11 is 0. The number of rotatable bonds is 5. The van der Waals surface area contributed by atoms with Crippen LogP contribution in [0.3, 0.4) is 0 Å². The molecule has 0 radical (unpaired) electrons. The lowest BCUT2D eigenvalue weighted by molar-refractivity contribution is -0.137. The fraction of sp³-hybridized carbons (Fsp3) is 0.714. The van der Waals surface area contributed by atoms with E-state index in [0.29, 0.717) is 0 Å². The number of amides is 2. The van der Waals surface area contributed by atoms with Crippen molar-refractivity contribution in [3.05, 3.63) is 0 Å². The average molecular weight is 210 g/mol. The lowest BCUT2D eigenvalue weighted by Gasteiger charge is -2.16. The van der Waals surface area contributed by atoms with Gasteiger partial charge in [0.2, 0.25) is 0 Å². The van der Waals surface area contributed by atoms with E-state index >= 15 is 0 Å². The zero-order valence-electron chi connectivity index (χ0n) is 7.67. The van der Waals surface area contributed by atoms with Gasteiger partial charge in [0.25, 0.3) is 6.43 Å². The normalized spacial score (nSPS) is 10.0. The van der Waals surface area contributed by atoms with Crippen LogP contribution in [0.4, 0.5) is 13.6 Å². The van der Waals surface area contributed by atoms with Crippen LogP contribution in [0.25, 0.3) is 0 Å². The van der Waals surface area contributed by atoms with E-state index in [2.05, 4.69) is 0 Å². The van der Waals surface area contributed by atoms with E-state index in [0.717, 1.165) is 4.90 Å². The number of hydrogen-bond acceptors (Lipinski definition) is 2. The lowest BCUT2D eigenvalue weighted by atomic mass is 10.4. The van der Waals surface area contributed by atoms with E-state index in [1.165, 1.54) is 7.05 Å². The molecule has 0 aliphatic carbocycles. The number of alkyl halides is 2. The van der Waals surface area contributed by atoms with Crippen molar-refractivity contribution >= 4 is 12.0 Å². The maximum Gasteiger partial charge on any atom is 0.317 e. The lowest BCUT2D eigenvalue weighted by Crippen LogP contribution is -2.40. The molecular weight excluding hydrogens is 198 g/mol. The zero-order valence-corrected chi connectivity index (χ0v) is 7.67. The molecule has 5 nitrogen and oxygen atoms in total. The molecule has 7 heteroatoms. The predicted molar refractivity (Wildman–Crippen MR) is 44.3 cm³/mol. The Labute approximate surface area is 79.7 Å². The molecule has 0 aromatic heterocycles. The minimum absolute atomic E-state index is 0.00952. The van der Waals surface area contributed by atoms with Crippen LogP contribution in [-0.2, 0) is 4.79 Å². The minimum atomic E-state index is -2.60. The first-order valence-corrected chi connectivity index (χ1v) is 3.92. The second kappa shape index (κ2) is 6.11. The van der Waals surface area contributed by atoms with Crippen LogP contribution in [0.1, 0.15) is 6.42 Å². The highest BCUT2D eigenvalue weighted by Gasteiger charge is 2.11. The molecule has 0 saturated heterocycles. The van der Waals surface area contributed by atoms with Crippen molar-refractivity contribution in [3.63, 3.8) is 0 Å². The molecule has 0 aromatic carbocycles. The number of hydrogen-bond donors (Lipinski definition) is 2. The van der Waals surface area contributed by atoms with Crippen molar-refractivity contribution in [1.82, 2.24) is 10.2 Å². The Kier molecular flexibility index (Phi) is 5.50. The summed E-state index contributed by atoms with van der Waals surface area (Å²) in [6.45, 7) is -0.735. The molecular formula is C7H12F2N2O3. The number of carboxylic acid groups (broad SMARTS) is 1. The highest BCUT2D eigenvalue weighted by atomic mass is 19.3. The van der Waals surface area contributed by atoms with E-state index in [4.69, 9.17) is 5.11 Å². The Balaban J connectivity index is 3.70. The third-order valence-electron chi connectivity index (χ3n) is 1.42. The Morgan fingerprint density at radius 3 is 2.50 bits per heavy atom. The molecule has 14 heavy (non-hydrogen) atoms. The molecule has 0 bridgehead atoms. The molecule has 0 aliphatic rings. The fourth-order valence-electron chi connectivity index (χ4n) is 0.664. The van der Waals surface area contributed by atoms with Crippen molar-refractivity contribution in [3.8, 4) is 0 Å². The number of carbonyl (C=O) groups is 2. The van der Waals surface area contributed by atoms with Crippen LogP contribution in [0.2, 0.25) is 0 Å². The van der Waals surface area contributed by atoms with Crippen LogP contribution in [0.15, 0.2) is 0 Å². The van der Waals surface area contributed by atoms with E-state index in [1.54, 1.807) is 0 Å². The summed E-state index contributed by atoms with van der Waals surface area (Å²) in [5.41, 5.74) is 0. The third kappa shape index (κ3) is 6.15. The van der Waals surface area contributed by atoms with Crippen LogP contribution >= 0.6 is 0 Å². The van der Waals surface area contributed by atoms with Gasteiger partial charge in [-0.25, -0.2) is 13.6 Å². The van der Waals surface area contributed by atoms with Gasteiger partial charge in [0.15, 0.2) is 0 Å². The van der Waals surface area contributed by atoms with Gasteiger partial charge in [-0.15, -0.1) is 0 Å². The van der Waals surface area contributed by atoms with E-state index in [9.17, 15) is 18.4 Å². The molecule has 2 N–H and O–H groups in total. The van der Waals surface area contributed by atoms with Gasteiger partial charge in [0.1, 0.15) is 0 Å². The average Bonchev–Trinajstić information content (AvgIpc) is 2.09. The second-order valence-corrected chi connectivity index (χ2v) is 2.64. The van der Waals surface area contributed by atoms with E-state index < -0.39 is 25.0 Å². The number of carbonyl (C=O) groups excluding carboxylic acids is 1. The molecule has 0 unspecified atom stereocenters. The van der Waals surface area contributed by atoms with Crippen molar-refractivity contribution in [2.24, 2.45) is 0 Å². The molecule has 0 rings (SSSR count). The van der Waals surface area contributed by atoms with E-state index in [1.807, 2.05) is 5.32 Å². The third-order valence-corrected chi connectivity index (χ3v) is 1.42. The Hall–Kier alpha value is -1.40. The Morgan fingerprint density at radius 1 is 1.50 bits per heavy atom. The van der Waals surface area contributed by atoms with Crippen molar-refractivity contribution in [2.75, 3.05) is 20.1 Å². The minimum Gasteiger partial charge on any atom is -0.481 e. The summed E-state index contributed by atoms with van der Waals surface area (Å²) in [5.74, 6) is -1.04. The van der Waals surface area contributed by atoms with Crippen molar-refractivity contribution in [2.45, 2.75) is 12.8 Å². The van der Waals surface area contributed by atoms with Crippen molar-refractivity contribution < 1.29 is 23.5 Å². The number of urea groups is 1. The molecule has 0 aliphatic heterocycles. The molecule has 0 heterocycles. The fourth-order valence-corrected chi connectivity index (χ4v) is 0.664. The highest BCUT2D eigenvalue weighted by molar-refractivity contribution is 5.74. The first kappa shape index (κ1) is 12.6. The van der Waals surface area contributed by atoms with Crippen LogP contribution in [0.5, 0.6) is 0 Å². The number of aliphatic carboxylic acids is 1. The van der Waals surface area contributed by atoms with Gasteiger partial charge in [0.05, 0.1) is 13.0 Å². The van der Waals surface area contributed by atoms with Gasteiger partial charge >= 0.3 is 12.0 Å². The quantitative estimate of drug-likeness (QED) is 0.688. The highest BCUT2D eigenvalue weighted by Crippen LogP contribution is 1.91. The molecule has 0 saturated carbocycles. The van der Waals surface area contributed by atoms with Gasteiger partial charge in [-0.3, -0.25) is 4.79 Å². The molecule has 2 amide bonds. The summed E-state index contributed by atoms with van der Waals surface area (Å²) in [6, 6.07) is -0.702. The summed E-state index contributed by atoms with van der Waals surface area (Å²) in [6.07, 6.45) is -2.81. The smallest absolute Gasteiger partial charge is 0.317 e. The van der Waals surface area contributed by atoms with Crippen LogP contribution < -0.4 is 5.32 Å². The maximum atomic E-state index is 11.6. The predicted octanol–water partition coefficient (Wildman–Crippen LogP) is 0.368. The van der Waals surface area contributed by atoms with Gasteiger partial charge in [0, 0.05) is 13.6 Å². The summed E-state index contributed by atoms with van der Waals surface area (Å²) in [7, 11) is 1.34. The molecule has 0 spiro atoms. The summed E-state index contributed by atoms with van der Waals surface area (Å²) in [5, 5.41) is 10.2. The molecule has 82 valence electrons. The summed E-state index contributed by atoms with van der Waals surface area (Å²) in [4.78, 5) is 22.1. The molecule has 0 atom stereocenters. The number of carboxylic acids is 1. The Morgan fingerprint density at radius 2 is 2.07 bits per heavy atom. The van der Waals surface area contributed by atoms with Crippen LogP contribution in [0, 0.1) is 0 Å². The van der Waals surface area contributed by atoms with Crippen LogP contribution in [-0.4, -0.2) is 48.6 Å². The monoisotopic (exact) mass is 210 g/mol. The summed E-state index contributed by atoms with van der Waals surface area (Å²) < 4.78 is 23.3. The van der Waals surface area contributed by atoms with Crippen molar-refractivity contribution in [1.29, 1.82) is 0 Å². The second-order valence-electron chi connectivity index (χ2n) is 2.64. The number of nitrogens with zero attached hydrogens (tertiary/aromatic N) is 1. The van der Waals surface area contributed by atoms with E-state index in [-0.39, 0.29) is 13.0 Å². The standard InChI is InChI=1S/C7H12F2N2O3/c1-11(3-2-6(12)13)7(14)10-4-5(8)9/h5H,2-4H2,1H3,(H,10,14)(H,12,13). The number of nitrogens with one attached hydrogen (secondary N) is 1. The molecule has 0 aromatic rings. The SMILES string of the molecule is CN(CCC(=O)O)C(=O)NCC(F)F.